The van der Waals surface area contributed by atoms with Gasteiger partial charge < -0.3 is 16.2 Å². The number of anilines is 1. The van der Waals surface area contributed by atoms with Gasteiger partial charge in [-0.05, 0) is 29.8 Å². The summed E-state index contributed by atoms with van der Waals surface area (Å²) in [5, 5.41) is 12.1. The van der Waals surface area contributed by atoms with Gasteiger partial charge in [0.05, 0.1) is 0 Å². The number of amides is 1. The molecule has 0 heterocycles. The summed E-state index contributed by atoms with van der Waals surface area (Å²) >= 11 is 0. The van der Waals surface area contributed by atoms with Crippen molar-refractivity contribution in [3.63, 3.8) is 0 Å². The van der Waals surface area contributed by atoms with Crippen LogP contribution in [-0.4, -0.2) is 23.0 Å². The van der Waals surface area contributed by atoms with Crippen LogP contribution in [0.3, 0.4) is 0 Å². The van der Waals surface area contributed by atoms with Crippen LogP contribution in [0.2, 0.25) is 0 Å². The number of nitrogen functional groups attached to an aromatic ring is 1. The smallest absolute Gasteiger partial charge is 0.326 e. The first-order valence-corrected chi connectivity index (χ1v) is 7.40. The highest BCUT2D eigenvalue weighted by molar-refractivity contribution is 5.96. The van der Waals surface area contributed by atoms with Gasteiger partial charge in [0.2, 0.25) is 0 Å². The molecule has 0 aliphatic carbocycles. The Kier molecular flexibility index (Phi) is 5.58. The van der Waals surface area contributed by atoms with E-state index in [1.807, 2.05) is 0 Å². The highest BCUT2D eigenvalue weighted by atomic mass is 16.4. The molecule has 0 aromatic heterocycles. The second kappa shape index (κ2) is 7.84. The molecule has 0 bridgehead atoms. The molecule has 1 amide bonds. The average Bonchev–Trinajstić information content (AvgIpc) is 2.59. The number of terminal acetylenes is 1. The SMILES string of the molecule is C#CC[C@H](c1ccc(N)cc1)[C@@H](NC(=O)c1ccccc1)C(=O)O. The van der Waals surface area contributed by atoms with E-state index in [4.69, 9.17) is 12.2 Å². The predicted molar refractivity (Wildman–Crippen MR) is 92.4 cm³/mol. The predicted octanol–water partition coefficient (Wildman–Crippen LogP) is 2.26. The number of benzene rings is 2. The van der Waals surface area contributed by atoms with E-state index in [0.717, 1.165) is 0 Å². The van der Waals surface area contributed by atoms with Gasteiger partial charge in [-0.3, -0.25) is 4.79 Å². The maximum Gasteiger partial charge on any atom is 0.326 e. The van der Waals surface area contributed by atoms with E-state index >= 15 is 0 Å². The molecular formula is C19H18N2O3. The molecule has 24 heavy (non-hydrogen) atoms. The largest absolute Gasteiger partial charge is 0.480 e. The fourth-order valence-electron chi connectivity index (χ4n) is 2.45. The van der Waals surface area contributed by atoms with Gasteiger partial charge >= 0.3 is 5.97 Å². The average molecular weight is 322 g/mol. The summed E-state index contributed by atoms with van der Waals surface area (Å²) in [4.78, 5) is 24.0. The summed E-state index contributed by atoms with van der Waals surface area (Å²) in [5.74, 6) is 0.328. The van der Waals surface area contributed by atoms with Crippen molar-refractivity contribution in [2.45, 2.75) is 18.4 Å². The molecule has 0 fully saturated rings. The molecule has 0 radical (unpaired) electrons. The first kappa shape index (κ1) is 17.1. The van der Waals surface area contributed by atoms with Crippen LogP contribution < -0.4 is 11.1 Å². The van der Waals surface area contributed by atoms with Crippen LogP contribution in [0.15, 0.2) is 54.6 Å². The highest BCUT2D eigenvalue weighted by Gasteiger charge is 2.30. The van der Waals surface area contributed by atoms with Crippen LogP contribution in [0.25, 0.3) is 0 Å². The molecule has 4 N–H and O–H groups in total. The van der Waals surface area contributed by atoms with Gasteiger partial charge in [-0.2, -0.15) is 0 Å². The standard InChI is InChI=1S/C19H18N2O3/c1-2-6-16(13-9-11-15(20)12-10-13)17(19(23)24)21-18(22)14-7-4-3-5-8-14/h1,3-5,7-12,16-17H,6,20H2,(H,21,22)(H,23,24)/t16-,17-/m1/s1. The lowest BCUT2D eigenvalue weighted by atomic mass is 9.88. The number of carboxylic acid groups (broad SMARTS) is 1. The zero-order valence-corrected chi connectivity index (χ0v) is 13.0. The Bertz CT molecular complexity index is 748. The molecular weight excluding hydrogens is 304 g/mol. The summed E-state index contributed by atoms with van der Waals surface area (Å²) in [6.07, 6.45) is 5.57. The molecule has 2 aromatic rings. The number of nitrogens with two attached hydrogens (primary N) is 1. The normalized spacial score (nSPS) is 12.6. The van der Waals surface area contributed by atoms with Gasteiger partial charge in [0.25, 0.3) is 5.91 Å². The van der Waals surface area contributed by atoms with E-state index in [0.29, 0.717) is 16.8 Å². The number of carbonyl (C=O) groups excluding carboxylic acids is 1. The summed E-state index contributed by atoms with van der Waals surface area (Å²) < 4.78 is 0. The third-order valence-electron chi connectivity index (χ3n) is 3.69. The van der Waals surface area contributed by atoms with Crippen LogP contribution in [0, 0.1) is 12.3 Å². The Morgan fingerprint density at radius 2 is 1.75 bits per heavy atom. The van der Waals surface area contributed by atoms with Crippen LogP contribution in [0.5, 0.6) is 0 Å². The quantitative estimate of drug-likeness (QED) is 0.562. The zero-order chi connectivity index (χ0) is 17.5. The minimum atomic E-state index is -1.14. The summed E-state index contributed by atoms with van der Waals surface area (Å²) in [6, 6.07) is 14.1. The van der Waals surface area contributed by atoms with Gasteiger partial charge in [-0.1, -0.05) is 30.3 Å². The molecule has 122 valence electrons. The molecule has 2 aromatic carbocycles. The molecule has 5 heteroatoms. The topological polar surface area (TPSA) is 92.4 Å². The molecule has 0 spiro atoms. The number of nitrogens with one attached hydrogen (secondary N) is 1. The van der Waals surface area contributed by atoms with E-state index in [-0.39, 0.29) is 6.42 Å². The monoisotopic (exact) mass is 322 g/mol. The molecule has 0 saturated carbocycles. The van der Waals surface area contributed by atoms with Gasteiger partial charge in [-0.15, -0.1) is 12.3 Å². The second-order valence-electron chi connectivity index (χ2n) is 5.34. The van der Waals surface area contributed by atoms with E-state index in [1.165, 1.54) is 0 Å². The van der Waals surface area contributed by atoms with Gasteiger partial charge in [0, 0.05) is 23.6 Å². The minimum absolute atomic E-state index is 0.177. The van der Waals surface area contributed by atoms with Crippen molar-refractivity contribution < 1.29 is 14.7 Å². The maximum absolute atomic E-state index is 12.3. The first-order valence-electron chi connectivity index (χ1n) is 7.40. The minimum Gasteiger partial charge on any atom is -0.480 e. The van der Waals surface area contributed by atoms with Crippen molar-refractivity contribution in [2.24, 2.45) is 0 Å². The van der Waals surface area contributed by atoms with Crippen molar-refractivity contribution in [1.82, 2.24) is 5.32 Å². The molecule has 2 rings (SSSR count). The summed E-state index contributed by atoms with van der Waals surface area (Å²) in [6.45, 7) is 0. The van der Waals surface area contributed by atoms with Crippen LogP contribution in [-0.2, 0) is 4.79 Å². The fourth-order valence-corrected chi connectivity index (χ4v) is 2.45. The third kappa shape index (κ3) is 4.14. The number of carboxylic acids is 1. The summed E-state index contributed by atoms with van der Waals surface area (Å²) in [7, 11) is 0. The second-order valence-corrected chi connectivity index (χ2v) is 5.34. The number of aliphatic carboxylic acids is 1. The van der Waals surface area contributed by atoms with Crippen molar-refractivity contribution in [3.8, 4) is 12.3 Å². The van der Waals surface area contributed by atoms with Crippen LogP contribution in [0.1, 0.15) is 28.3 Å². The number of hydrogen-bond acceptors (Lipinski definition) is 3. The lowest BCUT2D eigenvalue weighted by Crippen LogP contribution is -2.45. The van der Waals surface area contributed by atoms with Gasteiger partial charge in [0.15, 0.2) is 0 Å². The molecule has 5 nitrogen and oxygen atoms in total. The Balaban J connectivity index is 2.29. The number of rotatable bonds is 6. The lowest BCUT2D eigenvalue weighted by molar-refractivity contribution is -0.139. The van der Waals surface area contributed by atoms with Gasteiger partial charge in [0.1, 0.15) is 6.04 Å². The highest BCUT2D eigenvalue weighted by Crippen LogP contribution is 2.25. The fraction of sp³-hybridized carbons (Fsp3) is 0.158. The first-order chi connectivity index (χ1) is 11.5. The summed E-state index contributed by atoms with van der Waals surface area (Å²) in [5.41, 5.74) is 7.34. The molecule has 0 aliphatic heterocycles. The molecule has 2 atom stereocenters. The van der Waals surface area contributed by atoms with Crippen molar-refractivity contribution in [2.75, 3.05) is 5.73 Å². The van der Waals surface area contributed by atoms with Crippen molar-refractivity contribution in [3.05, 3.63) is 65.7 Å². The van der Waals surface area contributed by atoms with E-state index < -0.39 is 23.8 Å². The third-order valence-corrected chi connectivity index (χ3v) is 3.69. The Morgan fingerprint density at radius 1 is 1.12 bits per heavy atom. The number of carbonyl (C=O) groups is 2. The lowest BCUT2D eigenvalue weighted by Gasteiger charge is -2.24. The Labute approximate surface area is 140 Å². The van der Waals surface area contributed by atoms with E-state index in [2.05, 4.69) is 11.2 Å². The maximum atomic E-state index is 12.3. The van der Waals surface area contributed by atoms with E-state index in [1.54, 1.807) is 54.6 Å². The van der Waals surface area contributed by atoms with Crippen LogP contribution in [0.4, 0.5) is 5.69 Å². The van der Waals surface area contributed by atoms with Crippen molar-refractivity contribution >= 4 is 17.6 Å². The Morgan fingerprint density at radius 3 is 2.29 bits per heavy atom. The van der Waals surface area contributed by atoms with E-state index in [9.17, 15) is 14.7 Å². The molecule has 0 aliphatic rings. The van der Waals surface area contributed by atoms with Crippen molar-refractivity contribution in [1.29, 1.82) is 0 Å². The Hall–Kier alpha value is -3.26. The van der Waals surface area contributed by atoms with Gasteiger partial charge in [-0.25, -0.2) is 4.79 Å². The zero-order valence-electron chi connectivity index (χ0n) is 13.0. The molecule has 0 saturated heterocycles. The number of hydrogen-bond donors (Lipinski definition) is 3. The molecule has 0 unspecified atom stereocenters. The van der Waals surface area contributed by atoms with Crippen LogP contribution >= 0.6 is 0 Å².